The van der Waals surface area contributed by atoms with Crippen molar-refractivity contribution in [2.75, 3.05) is 19.3 Å². The number of amides is 1. The maximum absolute atomic E-state index is 12.0. The lowest BCUT2D eigenvalue weighted by molar-refractivity contribution is -0.132. The molecule has 0 aromatic heterocycles. The number of carbonyl (C=O) groups is 1. The van der Waals surface area contributed by atoms with Crippen LogP contribution in [0.1, 0.15) is 26.7 Å². The van der Waals surface area contributed by atoms with E-state index in [0.29, 0.717) is 6.54 Å². The summed E-state index contributed by atoms with van der Waals surface area (Å²) in [5, 5.41) is 0.0268. The molecule has 2 unspecified atom stereocenters. The van der Waals surface area contributed by atoms with Gasteiger partial charge in [0.1, 0.15) is 0 Å². The quantitative estimate of drug-likeness (QED) is 0.700. The van der Waals surface area contributed by atoms with Gasteiger partial charge in [0.25, 0.3) is 0 Å². The normalized spacial score (nSPS) is 28.9. The predicted molar refractivity (Wildman–Crippen MR) is 63.0 cm³/mol. The van der Waals surface area contributed by atoms with E-state index in [4.69, 9.17) is 11.6 Å². The second kappa shape index (κ2) is 4.75. The molecule has 2 nitrogen and oxygen atoms in total. The Hall–Kier alpha value is 0.110. The van der Waals surface area contributed by atoms with E-state index in [1.165, 1.54) is 0 Å². The first-order chi connectivity index (χ1) is 6.46. The lowest BCUT2D eigenvalue weighted by Crippen LogP contribution is -2.43. The molecular formula is C10H18ClNOS. The van der Waals surface area contributed by atoms with Gasteiger partial charge in [-0.25, -0.2) is 0 Å². The van der Waals surface area contributed by atoms with Crippen LogP contribution in [0.4, 0.5) is 0 Å². The topological polar surface area (TPSA) is 20.3 Å². The van der Waals surface area contributed by atoms with Gasteiger partial charge in [-0.05, 0) is 32.4 Å². The zero-order valence-corrected chi connectivity index (χ0v) is 10.6. The van der Waals surface area contributed by atoms with E-state index in [0.717, 1.165) is 18.6 Å². The van der Waals surface area contributed by atoms with Crippen LogP contribution in [-0.4, -0.2) is 40.3 Å². The summed E-state index contributed by atoms with van der Waals surface area (Å²) in [6, 6.07) is 0. The average molecular weight is 236 g/mol. The Bertz CT molecular complexity index is 214. The van der Waals surface area contributed by atoms with Crippen LogP contribution < -0.4 is 0 Å². The largest absolute Gasteiger partial charge is 0.343 e. The summed E-state index contributed by atoms with van der Waals surface area (Å²) in [5.41, 5.74) is 0. The van der Waals surface area contributed by atoms with Gasteiger partial charge in [0.15, 0.2) is 0 Å². The van der Waals surface area contributed by atoms with E-state index in [1.807, 2.05) is 20.9 Å². The number of halogens is 1. The zero-order chi connectivity index (χ0) is 10.8. The molecule has 1 saturated heterocycles. The van der Waals surface area contributed by atoms with Crippen LogP contribution in [0.15, 0.2) is 0 Å². The van der Waals surface area contributed by atoms with E-state index >= 15 is 0 Å². The lowest BCUT2D eigenvalue weighted by Gasteiger charge is -2.28. The third kappa shape index (κ3) is 2.80. The molecule has 1 aliphatic rings. The molecule has 0 bridgehead atoms. The molecule has 0 saturated carbocycles. The third-order valence-corrected chi connectivity index (χ3v) is 4.19. The number of nitrogens with zero attached hydrogens (tertiary/aromatic N) is 1. The van der Waals surface area contributed by atoms with Crippen LogP contribution in [-0.2, 0) is 4.79 Å². The molecular weight excluding hydrogens is 218 g/mol. The lowest BCUT2D eigenvalue weighted by atomic mass is 10.0. The van der Waals surface area contributed by atoms with Crippen molar-refractivity contribution < 1.29 is 4.79 Å². The Morgan fingerprint density at radius 1 is 1.71 bits per heavy atom. The molecule has 1 heterocycles. The van der Waals surface area contributed by atoms with Gasteiger partial charge in [0, 0.05) is 19.0 Å². The average Bonchev–Trinajstić information content (AvgIpc) is 2.51. The number of hydrogen-bond donors (Lipinski definition) is 0. The molecule has 0 aromatic rings. The van der Waals surface area contributed by atoms with Crippen LogP contribution in [0, 0.1) is 0 Å². The van der Waals surface area contributed by atoms with Crippen LogP contribution in [0.5, 0.6) is 0 Å². The third-order valence-electron chi connectivity index (χ3n) is 2.54. The van der Waals surface area contributed by atoms with Crippen molar-refractivity contribution in [1.82, 2.24) is 4.90 Å². The number of carbonyl (C=O) groups excluding carboxylic acids is 1. The van der Waals surface area contributed by atoms with Crippen molar-refractivity contribution in [3.05, 3.63) is 0 Å². The highest BCUT2D eigenvalue weighted by Gasteiger charge is 2.39. The first-order valence-electron chi connectivity index (χ1n) is 4.99. The summed E-state index contributed by atoms with van der Waals surface area (Å²) >= 11 is 7.64. The van der Waals surface area contributed by atoms with Crippen molar-refractivity contribution in [3.63, 3.8) is 0 Å². The minimum absolute atomic E-state index is 0.0268. The summed E-state index contributed by atoms with van der Waals surface area (Å²) in [7, 11) is 1.84. The van der Waals surface area contributed by atoms with Gasteiger partial charge in [-0.3, -0.25) is 4.79 Å². The highest BCUT2D eigenvalue weighted by Crippen LogP contribution is 2.38. The summed E-state index contributed by atoms with van der Waals surface area (Å²) in [4.78, 5) is 13.8. The Morgan fingerprint density at radius 3 is 2.79 bits per heavy atom. The highest BCUT2D eigenvalue weighted by atomic mass is 35.5. The van der Waals surface area contributed by atoms with Crippen LogP contribution in [0.2, 0.25) is 0 Å². The molecule has 0 N–H and O–H groups in total. The van der Waals surface area contributed by atoms with Gasteiger partial charge in [0.05, 0.1) is 4.75 Å². The minimum atomic E-state index is -0.194. The second-order valence-electron chi connectivity index (χ2n) is 4.15. The Morgan fingerprint density at radius 2 is 2.36 bits per heavy atom. The molecule has 0 spiro atoms. The summed E-state index contributed by atoms with van der Waals surface area (Å²) < 4.78 is -0.194. The predicted octanol–water partition coefficient (Wildman–Crippen LogP) is 2.36. The Labute approximate surface area is 95.4 Å². The highest BCUT2D eigenvalue weighted by molar-refractivity contribution is 8.01. The second-order valence-corrected chi connectivity index (χ2v) is 6.49. The molecule has 0 aromatic carbocycles. The summed E-state index contributed by atoms with van der Waals surface area (Å²) in [6.07, 6.45) is 2.15. The first-order valence-corrected chi connectivity index (χ1v) is 6.41. The van der Waals surface area contributed by atoms with Crippen molar-refractivity contribution in [1.29, 1.82) is 0 Å². The number of rotatable bonds is 3. The molecule has 82 valence electrons. The molecule has 1 amide bonds. The zero-order valence-electron chi connectivity index (χ0n) is 9.05. The molecule has 1 fully saturated rings. The van der Waals surface area contributed by atoms with Crippen molar-refractivity contribution in [2.24, 2.45) is 0 Å². The summed E-state index contributed by atoms with van der Waals surface area (Å²) in [6.45, 7) is 4.59. The van der Waals surface area contributed by atoms with Gasteiger partial charge in [0.2, 0.25) is 5.91 Å². The van der Waals surface area contributed by atoms with Gasteiger partial charge in [-0.2, -0.15) is 0 Å². The van der Waals surface area contributed by atoms with Gasteiger partial charge >= 0.3 is 0 Å². The Kier molecular flexibility index (Phi) is 4.14. The van der Waals surface area contributed by atoms with E-state index < -0.39 is 0 Å². The number of thioether (sulfide) groups is 1. The maximum atomic E-state index is 12.0. The Balaban J connectivity index is 2.55. The standard InChI is InChI=1S/C10H18ClNOS/c1-8(11)7-12(3)9(13)10(2)5-4-6-14-10/h8H,4-7H2,1-3H3. The monoisotopic (exact) mass is 235 g/mol. The fourth-order valence-corrected chi connectivity index (χ4v) is 3.33. The van der Waals surface area contributed by atoms with E-state index in [2.05, 4.69) is 0 Å². The first kappa shape index (κ1) is 12.2. The molecule has 14 heavy (non-hydrogen) atoms. The minimum Gasteiger partial charge on any atom is -0.343 e. The molecule has 0 aliphatic carbocycles. The van der Waals surface area contributed by atoms with Crippen LogP contribution in [0.25, 0.3) is 0 Å². The van der Waals surface area contributed by atoms with Crippen molar-refractivity contribution in [2.45, 2.75) is 36.8 Å². The van der Waals surface area contributed by atoms with E-state index in [1.54, 1.807) is 16.7 Å². The SMILES string of the molecule is CC(Cl)CN(C)C(=O)C1(C)CCCS1. The summed E-state index contributed by atoms with van der Waals surface area (Å²) in [5.74, 6) is 1.33. The van der Waals surface area contributed by atoms with Gasteiger partial charge in [-0.1, -0.05) is 0 Å². The van der Waals surface area contributed by atoms with Gasteiger partial charge < -0.3 is 4.90 Å². The molecule has 1 aliphatic heterocycles. The molecule has 0 radical (unpaired) electrons. The van der Waals surface area contributed by atoms with E-state index in [-0.39, 0.29) is 16.0 Å². The van der Waals surface area contributed by atoms with Crippen molar-refractivity contribution >= 4 is 29.3 Å². The number of hydrogen-bond acceptors (Lipinski definition) is 2. The van der Waals surface area contributed by atoms with Crippen LogP contribution >= 0.6 is 23.4 Å². The van der Waals surface area contributed by atoms with E-state index in [9.17, 15) is 4.79 Å². The molecule has 4 heteroatoms. The van der Waals surface area contributed by atoms with Gasteiger partial charge in [-0.15, -0.1) is 23.4 Å². The fourth-order valence-electron chi connectivity index (χ4n) is 1.81. The van der Waals surface area contributed by atoms with Crippen molar-refractivity contribution in [3.8, 4) is 0 Å². The maximum Gasteiger partial charge on any atom is 0.238 e. The number of alkyl halides is 1. The molecule has 2 atom stereocenters. The van der Waals surface area contributed by atoms with Crippen LogP contribution in [0.3, 0.4) is 0 Å². The molecule has 1 rings (SSSR count). The fraction of sp³-hybridized carbons (Fsp3) is 0.900. The smallest absolute Gasteiger partial charge is 0.238 e.